The molecule has 0 aliphatic heterocycles. The van der Waals surface area contributed by atoms with E-state index in [-0.39, 0.29) is 3.71 Å². The number of unbranched alkanes of at least 4 members (excludes halogenated alkanes) is 1. The summed E-state index contributed by atoms with van der Waals surface area (Å²) in [5.74, 6) is 0. The number of hydrogen-bond donors (Lipinski definition) is 1. The first-order valence-corrected chi connectivity index (χ1v) is 15.8. The first-order valence-electron chi connectivity index (χ1n) is 12.8. The van der Waals surface area contributed by atoms with Crippen molar-refractivity contribution in [2.75, 3.05) is 0 Å². The van der Waals surface area contributed by atoms with Crippen molar-refractivity contribution in [3.05, 3.63) is 88.0 Å². The van der Waals surface area contributed by atoms with Gasteiger partial charge in [0.1, 0.15) is 0 Å². The molecule has 0 heterocycles. The Morgan fingerprint density at radius 1 is 1.12 bits per heavy atom. The minimum absolute atomic E-state index is 0.126. The number of aliphatic hydroxyl groups is 1. The van der Waals surface area contributed by atoms with Crippen molar-refractivity contribution < 1.29 is 5.11 Å². The van der Waals surface area contributed by atoms with Gasteiger partial charge in [0.25, 0.3) is 0 Å². The van der Waals surface area contributed by atoms with Gasteiger partial charge in [0, 0.05) is 0 Å². The molecule has 0 saturated carbocycles. The molecule has 1 N–H and O–H groups in total. The fourth-order valence-electron chi connectivity index (χ4n) is 6.60. The SMILES string of the molecule is [Li][C]1([Si](C)(C)C2(O)C=CC(CCCC)=C2)C(C)=Cc2c1cc1c(c2-c2ccccc2)CCC1. The Morgan fingerprint density at radius 3 is 2.61 bits per heavy atom. The third-order valence-corrected chi connectivity index (χ3v) is 14.7. The number of allylic oxidation sites excluding steroid dienone is 3. The molecule has 1 nitrogen and oxygen atoms in total. The first-order chi connectivity index (χ1) is 15.7. The summed E-state index contributed by atoms with van der Waals surface area (Å²) in [5.41, 5.74) is 11.4. The maximum absolute atomic E-state index is 12.1. The van der Waals surface area contributed by atoms with Gasteiger partial charge in [-0.3, -0.25) is 0 Å². The Morgan fingerprint density at radius 2 is 1.88 bits per heavy atom. The monoisotopic (exact) mass is 446 g/mol. The number of rotatable bonds is 6. The van der Waals surface area contributed by atoms with Gasteiger partial charge in [-0.1, -0.05) is 0 Å². The van der Waals surface area contributed by atoms with Crippen LogP contribution in [-0.2, 0) is 16.6 Å². The summed E-state index contributed by atoms with van der Waals surface area (Å²) in [4.78, 5) is 0. The predicted octanol–water partition coefficient (Wildman–Crippen LogP) is 6.83. The van der Waals surface area contributed by atoms with Crippen molar-refractivity contribution in [1.29, 1.82) is 0 Å². The van der Waals surface area contributed by atoms with Crippen molar-refractivity contribution in [1.82, 2.24) is 0 Å². The van der Waals surface area contributed by atoms with E-state index in [0.29, 0.717) is 0 Å². The average molecular weight is 447 g/mol. The number of benzene rings is 2. The Bertz CT molecular complexity index is 1190. The molecule has 0 radical (unpaired) electrons. The van der Waals surface area contributed by atoms with Gasteiger partial charge >= 0.3 is 211 Å². The van der Waals surface area contributed by atoms with Crippen molar-refractivity contribution >= 4 is 31.9 Å². The third-order valence-electron chi connectivity index (χ3n) is 9.22. The molecule has 0 saturated heterocycles. The summed E-state index contributed by atoms with van der Waals surface area (Å²) in [6, 6.07) is 13.5. The Hall–Kier alpha value is -1.57. The first kappa shape index (κ1) is 23.2. The fraction of sp³-hybridized carbons (Fsp3) is 0.400. The summed E-state index contributed by atoms with van der Waals surface area (Å²) in [7, 11) is -2.31. The average Bonchev–Trinajstić information content (AvgIpc) is 3.49. The van der Waals surface area contributed by atoms with E-state index in [2.05, 4.69) is 105 Å². The predicted molar refractivity (Wildman–Crippen MR) is 144 cm³/mol. The van der Waals surface area contributed by atoms with Gasteiger partial charge in [0.15, 0.2) is 0 Å². The second kappa shape index (κ2) is 8.28. The summed E-state index contributed by atoms with van der Waals surface area (Å²) in [6.45, 7) is 9.34. The summed E-state index contributed by atoms with van der Waals surface area (Å²) < 4.78 is -0.126. The Kier molecular flexibility index (Phi) is 5.82. The molecular weight excluding hydrogens is 411 g/mol. The van der Waals surface area contributed by atoms with Gasteiger partial charge in [-0.2, -0.15) is 0 Å². The van der Waals surface area contributed by atoms with Crippen molar-refractivity contribution in [3.8, 4) is 11.1 Å². The molecule has 0 aromatic heterocycles. The summed E-state index contributed by atoms with van der Waals surface area (Å²) >= 11 is 2.43. The van der Waals surface area contributed by atoms with E-state index in [1.54, 1.807) is 5.56 Å². The molecule has 2 atom stereocenters. The van der Waals surface area contributed by atoms with Crippen LogP contribution in [0, 0.1) is 0 Å². The van der Waals surface area contributed by atoms with E-state index in [4.69, 9.17) is 0 Å². The molecule has 0 amide bonds. The van der Waals surface area contributed by atoms with Crippen LogP contribution in [0.15, 0.2) is 65.8 Å². The molecule has 0 fully saturated rings. The van der Waals surface area contributed by atoms with Gasteiger partial charge in [-0.15, -0.1) is 0 Å². The van der Waals surface area contributed by atoms with Gasteiger partial charge in [-0.05, 0) is 0 Å². The van der Waals surface area contributed by atoms with Crippen LogP contribution in [-0.4, -0.2) is 36.1 Å². The Balaban J connectivity index is 1.68. The van der Waals surface area contributed by atoms with Crippen LogP contribution in [0.25, 0.3) is 17.2 Å². The van der Waals surface area contributed by atoms with Crippen molar-refractivity contribution in [2.45, 2.75) is 74.4 Å². The van der Waals surface area contributed by atoms with E-state index in [1.807, 2.05) is 0 Å². The number of hydrogen-bond acceptors (Lipinski definition) is 1. The van der Waals surface area contributed by atoms with E-state index in [1.165, 1.54) is 71.1 Å². The van der Waals surface area contributed by atoms with Crippen LogP contribution in [0.3, 0.4) is 0 Å². The maximum atomic E-state index is 12.1. The third kappa shape index (κ3) is 3.37. The quantitative estimate of drug-likeness (QED) is 0.482. The summed E-state index contributed by atoms with van der Waals surface area (Å²) in [5, 5.41) is 11.3. The zero-order valence-corrected chi connectivity index (χ0v) is 22.0. The molecule has 3 heteroatoms. The second-order valence-corrected chi connectivity index (χ2v) is 16.2. The molecule has 3 aliphatic rings. The molecule has 0 spiro atoms. The van der Waals surface area contributed by atoms with Gasteiger partial charge in [-0.25, -0.2) is 0 Å². The number of aryl methyl sites for hydroxylation is 1. The van der Waals surface area contributed by atoms with Gasteiger partial charge in [0.2, 0.25) is 0 Å². The number of fused-ring (bicyclic) bond motifs is 2. The molecule has 33 heavy (non-hydrogen) atoms. The van der Waals surface area contributed by atoms with E-state index < -0.39 is 13.3 Å². The molecule has 2 unspecified atom stereocenters. The van der Waals surface area contributed by atoms with Gasteiger partial charge < -0.3 is 0 Å². The van der Waals surface area contributed by atoms with E-state index in [9.17, 15) is 5.11 Å². The van der Waals surface area contributed by atoms with Crippen LogP contribution in [0.5, 0.6) is 0 Å². The standard InChI is InChI=1S/C30H35OSi.Li/c1-5-6-11-22-16-17-30(31,20-22)32(3,4)29-21(2)18-26-27(29)19-24-14-10-15-25(24)28(26)23-12-8-7-9-13-23;/h7-9,12-13,16-20,31H,5-6,10-11,14-15H2,1-4H3;. The topological polar surface area (TPSA) is 20.2 Å². The zero-order valence-electron chi connectivity index (χ0n) is 21.0. The van der Waals surface area contributed by atoms with Crippen LogP contribution >= 0.6 is 0 Å². The molecule has 2 aromatic rings. The van der Waals surface area contributed by atoms with Crippen LogP contribution < -0.4 is 0 Å². The normalized spacial score (nSPS) is 25.8. The molecule has 5 rings (SSSR count). The van der Waals surface area contributed by atoms with E-state index in [0.717, 1.165) is 6.42 Å². The van der Waals surface area contributed by atoms with E-state index >= 15 is 0 Å². The molecule has 3 aliphatic carbocycles. The fourth-order valence-corrected chi connectivity index (χ4v) is 10.4. The molecule has 2 aromatic carbocycles. The zero-order chi connectivity index (χ0) is 23.4. The minimum atomic E-state index is -2.31. The molecular formula is C30H35LiOSi. The van der Waals surface area contributed by atoms with Crippen LogP contribution in [0.2, 0.25) is 13.1 Å². The molecule has 166 valence electrons. The Labute approximate surface area is 209 Å². The molecule has 0 bridgehead atoms. The van der Waals surface area contributed by atoms with Crippen LogP contribution in [0.1, 0.15) is 61.8 Å². The van der Waals surface area contributed by atoms with Gasteiger partial charge in [0.05, 0.1) is 0 Å². The second-order valence-electron chi connectivity index (χ2n) is 11.1. The van der Waals surface area contributed by atoms with Crippen molar-refractivity contribution in [3.63, 3.8) is 0 Å². The summed E-state index contributed by atoms with van der Waals surface area (Å²) in [6.07, 6.45) is 16.0. The van der Waals surface area contributed by atoms with Crippen molar-refractivity contribution in [2.24, 2.45) is 0 Å². The van der Waals surface area contributed by atoms with Crippen LogP contribution in [0.4, 0.5) is 0 Å².